The molecule has 4 aromatic rings. The Morgan fingerprint density at radius 1 is 1.21 bits per heavy atom. The molecule has 9 nitrogen and oxygen atoms in total. The quantitative estimate of drug-likeness (QED) is 0.480. The Labute approximate surface area is 184 Å². The van der Waals surface area contributed by atoms with Gasteiger partial charge in [-0.1, -0.05) is 17.3 Å². The molecule has 0 radical (unpaired) electrons. The number of aryl methyl sites for hydroxylation is 1. The summed E-state index contributed by atoms with van der Waals surface area (Å²) < 4.78 is 49.5. The van der Waals surface area contributed by atoms with Crippen LogP contribution in [0.15, 0.2) is 39.6 Å². The first-order chi connectivity index (χ1) is 15.8. The zero-order chi connectivity index (χ0) is 23.2. The highest BCUT2D eigenvalue weighted by Crippen LogP contribution is 2.35. The van der Waals surface area contributed by atoms with Crippen LogP contribution in [0.3, 0.4) is 0 Å². The number of benzene rings is 1. The van der Waals surface area contributed by atoms with Crippen LogP contribution < -0.4 is 15.6 Å². The van der Waals surface area contributed by atoms with Crippen LogP contribution in [0.25, 0.3) is 28.5 Å². The molecule has 3 aromatic heterocycles. The van der Waals surface area contributed by atoms with E-state index in [9.17, 15) is 18.0 Å². The summed E-state index contributed by atoms with van der Waals surface area (Å²) in [5, 5.41) is 11.7. The molecular weight excluding hydrogens is 441 g/mol. The summed E-state index contributed by atoms with van der Waals surface area (Å²) in [6.07, 6.45) is -3.13. The van der Waals surface area contributed by atoms with E-state index < -0.39 is 12.1 Å². The molecule has 12 heteroatoms. The second kappa shape index (κ2) is 8.03. The van der Waals surface area contributed by atoms with Crippen molar-refractivity contribution in [1.82, 2.24) is 30.1 Å². The molecule has 4 heterocycles. The molecule has 172 valence electrons. The number of nitrogens with one attached hydrogen (secondary N) is 2. The van der Waals surface area contributed by atoms with Gasteiger partial charge in [0.1, 0.15) is 17.0 Å². The van der Waals surface area contributed by atoms with Crippen molar-refractivity contribution < 1.29 is 22.4 Å². The van der Waals surface area contributed by atoms with Crippen molar-refractivity contribution in [3.8, 4) is 28.6 Å². The summed E-state index contributed by atoms with van der Waals surface area (Å²) in [4.78, 5) is 19.5. The van der Waals surface area contributed by atoms with E-state index >= 15 is 0 Å². The van der Waals surface area contributed by atoms with Gasteiger partial charge in [-0.05, 0) is 45.0 Å². The number of rotatable bonds is 4. The minimum atomic E-state index is -4.87. The maximum absolute atomic E-state index is 12.8. The van der Waals surface area contributed by atoms with Gasteiger partial charge in [-0.15, -0.1) is 13.2 Å². The first kappa shape index (κ1) is 21.2. The van der Waals surface area contributed by atoms with Crippen LogP contribution >= 0.6 is 0 Å². The van der Waals surface area contributed by atoms with Crippen LogP contribution in [-0.2, 0) is 0 Å². The normalized spacial score (nSPS) is 15.3. The van der Waals surface area contributed by atoms with Gasteiger partial charge in [-0.2, -0.15) is 10.1 Å². The predicted molar refractivity (Wildman–Crippen MR) is 111 cm³/mol. The molecule has 0 unspecified atom stereocenters. The number of halogens is 3. The number of nitrogens with zero attached hydrogens (tertiary/aromatic N) is 4. The zero-order valence-electron chi connectivity index (χ0n) is 17.4. The summed E-state index contributed by atoms with van der Waals surface area (Å²) in [5.74, 6) is -0.346. The lowest BCUT2D eigenvalue weighted by atomic mass is 9.94. The van der Waals surface area contributed by atoms with Crippen molar-refractivity contribution in [2.45, 2.75) is 32.0 Å². The number of fused-ring (bicyclic) bond motifs is 1. The van der Waals surface area contributed by atoms with Gasteiger partial charge in [0.2, 0.25) is 5.82 Å². The Hall–Kier alpha value is -3.67. The van der Waals surface area contributed by atoms with E-state index in [1.54, 1.807) is 17.5 Å². The Balaban J connectivity index is 1.59. The highest BCUT2D eigenvalue weighted by Gasteiger charge is 2.33. The lowest BCUT2D eigenvalue weighted by Crippen LogP contribution is -2.28. The number of ether oxygens (including phenoxy) is 1. The number of aromatic nitrogens is 5. The molecule has 0 amide bonds. The summed E-state index contributed by atoms with van der Waals surface area (Å²) in [5.41, 5.74) is 1.85. The third-order valence-electron chi connectivity index (χ3n) is 5.58. The third-order valence-corrected chi connectivity index (χ3v) is 5.58. The molecule has 1 aliphatic heterocycles. The van der Waals surface area contributed by atoms with Crippen LogP contribution in [0, 0.1) is 6.92 Å². The van der Waals surface area contributed by atoms with Crippen LogP contribution in [0.2, 0.25) is 0 Å². The number of para-hydroxylation sites is 1. The Bertz CT molecular complexity index is 1370. The Morgan fingerprint density at radius 3 is 2.73 bits per heavy atom. The van der Waals surface area contributed by atoms with E-state index in [4.69, 9.17) is 4.52 Å². The lowest BCUT2D eigenvalue weighted by Gasteiger charge is -2.23. The van der Waals surface area contributed by atoms with E-state index in [2.05, 4.69) is 30.3 Å². The fraction of sp³-hybridized carbons (Fsp3) is 0.333. The number of aromatic amines is 1. The van der Waals surface area contributed by atoms with Crippen molar-refractivity contribution >= 4 is 5.65 Å². The third kappa shape index (κ3) is 4.09. The highest BCUT2D eigenvalue weighted by atomic mass is 19.4. The second-order valence-corrected chi connectivity index (χ2v) is 7.77. The molecule has 1 fully saturated rings. The molecule has 1 aromatic carbocycles. The number of piperidine rings is 1. The first-order valence-corrected chi connectivity index (χ1v) is 10.3. The van der Waals surface area contributed by atoms with E-state index in [0.29, 0.717) is 16.9 Å². The van der Waals surface area contributed by atoms with Gasteiger partial charge in [0.05, 0.1) is 17.0 Å². The van der Waals surface area contributed by atoms with Crippen molar-refractivity contribution in [3.05, 3.63) is 52.1 Å². The molecule has 0 bridgehead atoms. The van der Waals surface area contributed by atoms with Crippen molar-refractivity contribution in [3.63, 3.8) is 0 Å². The molecule has 2 N–H and O–H groups in total. The molecule has 0 aliphatic carbocycles. The highest BCUT2D eigenvalue weighted by molar-refractivity contribution is 5.76. The van der Waals surface area contributed by atoms with Crippen LogP contribution in [0.5, 0.6) is 5.75 Å². The largest absolute Gasteiger partial charge is 0.573 e. The molecule has 0 atom stereocenters. The molecular formula is C21H19F3N6O3. The maximum Gasteiger partial charge on any atom is 0.573 e. The van der Waals surface area contributed by atoms with Gasteiger partial charge in [0.25, 0.3) is 11.4 Å². The number of H-pyrrole nitrogens is 1. The minimum Gasteiger partial charge on any atom is -0.405 e. The molecule has 1 aliphatic rings. The summed E-state index contributed by atoms with van der Waals surface area (Å²) in [6, 6.07) is 7.06. The van der Waals surface area contributed by atoms with Gasteiger partial charge in [0, 0.05) is 12.0 Å². The van der Waals surface area contributed by atoms with Gasteiger partial charge in [-0.25, -0.2) is 4.52 Å². The molecule has 1 saturated heterocycles. The Kier molecular flexibility index (Phi) is 5.16. The molecule has 33 heavy (non-hydrogen) atoms. The number of hydrogen-bond acceptors (Lipinski definition) is 7. The average Bonchev–Trinajstić information content (AvgIpc) is 3.37. The van der Waals surface area contributed by atoms with Crippen molar-refractivity contribution in [1.29, 1.82) is 0 Å². The standard InChI is InChI=1S/C21H19F3N6O3/c1-11-17(19-26-16(31)10-14(30(19)28-11)12-6-8-25-9-7-12)20-27-18(29-33-20)13-4-2-3-5-15(13)32-21(22,23)24/h2-5,10,12,25H,6-9H2,1H3,(H,26,31). The van der Waals surface area contributed by atoms with E-state index in [-0.39, 0.29) is 28.8 Å². The smallest absolute Gasteiger partial charge is 0.405 e. The first-order valence-electron chi connectivity index (χ1n) is 10.3. The lowest BCUT2D eigenvalue weighted by molar-refractivity contribution is -0.274. The predicted octanol–water partition coefficient (Wildman–Crippen LogP) is 3.41. The van der Waals surface area contributed by atoms with Crippen molar-refractivity contribution in [2.24, 2.45) is 0 Å². The number of hydrogen-bond donors (Lipinski definition) is 2. The van der Waals surface area contributed by atoms with E-state index in [1.165, 1.54) is 24.3 Å². The van der Waals surface area contributed by atoms with Gasteiger partial charge >= 0.3 is 6.36 Å². The Morgan fingerprint density at radius 2 is 1.97 bits per heavy atom. The van der Waals surface area contributed by atoms with Gasteiger partial charge in [-0.3, -0.25) is 4.79 Å². The SMILES string of the molecule is Cc1nn2c(C3CCNCC3)cc(=O)[nH]c2c1-c1nc(-c2ccccc2OC(F)(F)F)no1. The maximum atomic E-state index is 12.8. The summed E-state index contributed by atoms with van der Waals surface area (Å²) >= 11 is 0. The molecule has 0 spiro atoms. The fourth-order valence-corrected chi connectivity index (χ4v) is 4.14. The van der Waals surface area contributed by atoms with Crippen molar-refractivity contribution in [2.75, 3.05) is 13.1 Å². The molecule has 5 rings (SSSR count). The summed E-state index contributed by atoms with van der Waals surface area (Å²) in [7, 11) is 0. The molecule has 0 saturated carbocycles. The summed E-state index contributed by atoms with van der Waals surface area (Å²) in [6.45, 7) is 3.43. The van der Waals surface area contributed by atoms with Crippen LogP contribution in [0.1, 0.15) is 30.1 Å². The number of alkyl halides is 3. The van der Waals surface area contributed by atoms with Crippen LogP contribution in [0.4, 0.5) is 13.2 Å². The van der Waals surface area contributed by atoms with E-state index in [0.717, 1.165) is 31.6 Å². The fourth-order valence-electron chi connectivity index (χ4n) is 4.14. The second-order valence-electron chi connectivity index (χ2n) is 7.77. The topological polar surface area (TPSA) is 110 Å². The van der Waals surface area contributed by atoms with Gasteiger partial charge in [0.15, 0.2) is 0 Å². The average molecular weight is 460 g/mol. The zero-order valence-corrected chi connectivity index (χ0v) is 17.4. The van der Waals surface area contributed by atoms with Gasteiger partial charge < -0.3 is 19.6 Å². The monoisotopic (exact) mass is 460 g/mol. The minimum absolute atomic E-state index is 0.0165. The van der Waals surface area contributed by atoms with Crippen LogP contribution in [-0.4, -0.2) is 44.2 Å². The van der Waals surface area contributed by atoms with E-state index in [1.807, 2.05) is 0 Å².